The summed E-state index contributed by atoms with van der Waals surface area (Å²) in [4.78, 5) is 43.2. The number of benzene rings is 2. The third-order valence-corrected chi connectivity index (χ3v) is 4.44. The molecule has 1 aromatic heterocycles. The van der Waals surface area contributed by atoms with Crippen molar-refractivity contribution in [1.82, 2.24) is 4.98 Å². The van der Waals surface area contributed by atoms with Gasteiger partial charge in [0.1, 0.15) is 0 Å². The summed E-state index contributed by atoms with van der Waals surface area (Å²) in [6.07, 6.45) is 0. The first kappa shape index (κ1) is 15.5. The first-order valence-corrected chi connectivity index (χ1v) is 7.95. The maximum absolute atomic E-state index is 12.8. The van der Waals surface area contributed by atoms with Crippen LogP contribution in [0.5, 0.6) is 0 Å². The Labute approximate surface area is 147 Å². The number of amides is 2. The Balaban J connectivity index is 2.04. The van der Waals surface area contributed by atoms with Crippen molar-refractivity contribution in [2.75, 3.05) is 4.90 Å². The van der Waals surface area contributed by atoms with E-state index in [2.05, 4.69) is 4.98 Å². The second kappa shape index (κ2) is 5.50. The van der Waals surface area contributed by atoms with Crippen molar-refractivity contribution in [1.29, 1.82) is 0 Å². The molecule has 5 nitrogen and oxygen atoms in total. The fourth-order valence-corrected chi connectivity index (χ4v) is 3.38. The monoisotopic (exact) mass is 350 g/mol. The Morgan fingerprint density at radius 1 is 0.960 bits per heavy atom. The quantitative estimate of drug-likeness (QED) is 0.522. The topological polar surface area (TPSA) is 67.3 Å². The van der Waals surface area contributed by atoms with Crippen LogP contribution >= 0.6 is 11.6 Å². The lowest BCUT2D eigenvalue weighted by atomic mass is 10.0. The zero-order valence-corrected chi connectivity index (χ0v) is 13.9. The minimum atomic E-state index is -0.742. The summed E-state index contributed by atoms with van der Waals surface area (Å²) in [5, 5.41) is -0.243. The summed E-state index contributed by atoms with van der Waals surface area (Å²) >= 11 is 5.83. The SMILES string of the molecule is Cc1nc2ccccc2c(C(=O)Cl)c1N1C(=O)c2ccccc2C1=O. The van der Waals surface area contributed by atoms with Gasteiger partial charge in [-0.25, -0.2) is 4.90 Å². The molecule has 4 rings (SSSR count). The average Bonchev–Trinajstić information content (AvgIpc) is 2.85. The first-order chi connectivity index (χ1) is 12.0. The summed E-state index contributed by atoms with van der Waals surface area (Å²) in [7, 11) is 0. The Bertz CT molecular complexity index is 1060. The molecule has 6 heteroatoms. The predicted octanol–water partition coefficient (Wildman–Crippen LogP) is 3.72. The lowest BCUT2D eigenvalue weighted by molar-refractivity contribution is 0.0926. The van der Waals surface area contributed by atoms with Gasteiger partial charge < -0.3 is 0 Å². The van der Waals surface area contributed by atoms with Crippen molar-refractivity contribution in [3.05, 3.63) is 70.9 Å². The lowest BCUT2D eigenvalue weighted by Crippen LogP contribution is -2.32. The van der Waals surface area contributed by atoms with Crippen LogP contribution in [0.1, 0.15) is 36.8 Å². The van der Waals surface area contributed by atoms with Crippen molar-refractivity contribution in [2.24, 2.45) is 0 Å². The highest BCUT2D eigenvalue weighted by Crippen LogP contribution is 2.36. The summed E-state index contributed by atoms with van der Waals surface area (Å²) in [5.74, 6) is -0.972. The zero-order valence-electron chi connectivity index (χ0n) is 13.1. The van der Waals surface area contributed by atoms with Crippen LogP contribution in [0.2, 0.25) is 0 Å². The number of carbonyl (C=O) groups excluding carboxylic acids is 3. The van der Waals surface area contributed by atoms with Crippen LogP contribution in [-0.4, -0.2) is 22.0 Å². The first-order valence-electron chi connectivity index (χ1n) is 7.57. The minimum Gasteiger partial charge on any atom is -0.275 e. The summed E-state index contributed by atoms with van der Waals surface area (Å²) in [6.45, 7) is 1.65. The van der Waals surface area contributed by atoms with Crippen molar-refractivity contribution < 1.29 is 14.4 Å². The second-order valence-corrected chi connectivity index (χ2v) is 6.05. The van der Waals surface area contributed by atoms with Gasteiger partial charge in [-0.2, -0.15) is 0 Å². The van der Waals surface area contributed by atoms with Crippen molar-refractivity contribution in [3.63, 3.8) is 0 Å². The largest absolute Gasteiger partial charge is 0.275 e. The number of hydrogen-bond donors (Lipinski definition) is 0. The number of rotatable bonds is 2. The molecule has 0 saturated carbocycles. The number of nitrogens with zero attached hydrogens (tertiary/aromatic N) is 2. The minimum absolute atomic E-state index is 0.110. The molecule has 0 unspecified atom stereocenters. The number of para-hydroxylation sites is 1. The average molecular weight is 351 g/mol. The number of aromatic nitrogens is 1. The fraction of sp³-hybridized carbons (Fsp3) is 0.0526. The summed E-state index contributed by atoms with van der Waals surface area (Å²) < 4.78 is 0. The molecule has 1 aliphatic heterocycles. The Morgan fingerprint density at radius 2 is 1.52 bits per heavy atom. The number of aryl methyl sites for hydroxylation is 1. The molecule has 122 valence electrons. The molecule has 0 N–H and O–H groups in total. The molecule has 0 spiro atoms. The number of pyridine rings is 1. The third-order valence-electron chi connectivity index (χ3n) is 4.26. The molecule has 2 aromatic carbocycles. The molecule has 0 aliphatic carbocycles. The molecular weight excluding hydrogens is 340 g/mol. The van der Waals surface area contributed by atoms with Crippen LogP contribution in [0.4, 0.5) is 5.69 Å². The van der Waals surface area contributed by atoms with Gasteiger partial charge in [-0.15, -0.1) is 0 Å². The Morgan fingerprint density at radius 3 is 2.12 bits per heavy atom. The van der Waals surface area contributed by atoms with Gasteiger partial charge in [0, 0.05) is 5.39 Å². The van der Waals surface area contributed by atoms with Gasteiger partial charge in [0.25, 0.3) is 17.1 Å². The van der Waals surface area contributed by atoms with Crippen molar-refractivity contribution in [3.8, 4) is 0 Å². The molecule has 0 radical (unpaired) electrons. The van der Waals surface area contributed by atoms with E-state index in [9.17, 15) is 14.4 Å². The molecule has 0 atom stereocenters. The van der Waals surface area contributed by atoms with Crippen LogP contribution in [0.3, 0.4) is 0 Å². The zero-order chi connectivity index (χ0) is 17.7. The predicted molar refractivity (Wildman–Crippen MR) is 94.2 cm³/mol. The van der Waals surface area contributed by atoms with E-state index < -0.39 is 17.1 Å². The molecule has 2 amide bonds. The maximum Gasteiger partial charge on any atom is 0.266 e. The van der Waals surface area contributed by atoms with Gasteiger partial charge >= 0.3 is 0 Å². The summed E-state index contributed by atoms with van der Waals surface area (Å²) in [5.41, 5.74) is 1.81. The number of halogens is 1. The van der Waals surface area contributed by atoms with Crippen LogP contribution in [0.15, 0.2) is 48.5 Å². The summed E-state index contributed by atoms with van der Waals surface area (Å²) in [6, 6.07) is 13.5. The molecule has 3 aromatic rings. The number of anilines is 1. The second-order valence-electron chi connectivity index (χ2n) is 5.70. The number of carbonyl (C=O) groups is 3. The third kappa shape index (κ3) is 2.16. The molecule has 0 bridgehead atoms. The standard InChI is InChI=1S/C19H11ClN2O3/c1-10-16(15(17(20)23)13-8-4-5-9-14(13)21-10)22-18(24)11-6-2-3-7-12(11)19(22)25/h2-9H,1H3. The van der Waals surface area contributed by atoms with E-state index in [0.717, 1.165) is 4.90 Å². The molecule has 0 saturated heterocycles. The smallest absolute Gasteiger partial charge is 0.266 e. The van der Waals surface area contributed by atoms with E-state index in [4.69, 9.17) is 11.6 Å². The van der Waals surface area contributed by atoms with Gasteiger partial charge in [0.05, 0.1) is 33.6 Å². The number of hydrogen-bond acceptors (Lipinski definition) is 4. The normalized spacial score (nSPS) is 13.4. The van der Waals surface area contributed by atoms with Gasteiger partial charge in [-0.3, -0.25) is 19.4 Å². The van der Waals surface area contributed by atoms with E-state index in [1.165, 1.54) is 0 Å². The molecule has 2 heterocycles. The highest BCUT2D eigenvalue weighted by Gasteiger charge is 2.39. The van der Waals surface area contributed by atoms with Gasteiger partial charge in [0.15, 0.2) is 0 Å². The van der Waals surface area contributed by atoms with E-state index in [1.54, 1.807) is 55.5 Å². The van der Waals surface area contributed by atoms with E-state index in [1.807, 2.05) is 0 Å². The van der Waals surface area contributed by atoms with E-state index in [0.29, 0.717) is 27.7 Å². The highest BCUT2D eigenvalue weighted by molar-refractivity contribution is 6.69. The van der Waals surface area contributed by atoms with Gasteiger partial charge in [0.2, 0.25) is 0 Å². The number of imide groups is 1. The molecule has 25 heavy (non-hydrogen) atoms. The highest BCUT2D eigenvalue weighted by atomic mass is 35.5. The molecule has 1 aliphatic rings. The van der Waals surface area contributed by atoms with E-state index >= 15 is 0 Å². The maximum atomic E-state index is 12.8. The van der Waals surface area contributed by atoms with Crippen LogP contribution in [0.25, 0.3) is 10.9 Å². The fourth-order valence-electron chi connectivity index (χ4n) is 3.19. The van der Waals surface area contributed by atoms with Gasteiger partial charge in [-0.1, -0.05) is 30.3 Å². The Hall–Kier alpha value is -3.05. The number of fused-ring (bicyclic) bond motifs is 2. The molecular formula is C19H11ClN2O3. The van der Waals surface area contributed by atoms with Crippen molar-refractivity contribution in [2.45, 2.75) is 6.92 Å². The van der Waals surface area contributed by atoms with E-state index in [-0.39, 0.29) is 11.3 Å². The van der Waals surface area contributed by atoms with Gasteiger partial charge in [-0.05, 0) is 36.7 Å². The van der Waals surface area contributed by atoms with Crippen molar-refractivity contribution >= 4 is 45.2 Å². The van der Waals surface area contributed by atoms with Crippen LogP contribution in [-0.2, 0) is 0 Å². The van der Waals surface area contributed by atoms with Crippen LogP contribution in [0, 0.1) is 6.92 Å². The lowest BCUT2D eigenvalue weighted by Gasteiger charge is -2.20. The Kier molecular flexibility index (Phi) is 3.40. The molecule has 0 fully saturated rings. The van der Waals surface area contributed by atoms with Crippen LogP contribution < -0.4 is 4.90 Å².